The van der Waals surface area contributed by atoms with Crippen LogP contribution >= 0.6 is 12.2 Å². The molecule has 1 N–H and O–H groups in total. The number of carbonyl (C=O) groups is 1. The van der Waals surface area contributed by atoms with E-state index >= 15 is 0 Å². The molecule has 0 saturated heterocycles. The third-order valence-electron chi connectivity index (χ3n) is 4.51. The molecule has 0 bridgehead atoms. The molecule has 0 amide bonds. The largest absolute Gasteiger partial charge is 0.497 e. The lowest BCUT2D eigenvalue weighted by molar-refractivity contribution is 0.104. The average Bonchev–Trinajstić information content (AvgIpc) is 2.65. The molecule has 0 fully saturated rings. The van der Waals surface area contributed by atoms with Crippen LogP contribution in [-0.2, 0) is 0 Å². The van der Waals surface area contributed by atoms with Crippen LogP contribution in [0.15, 0.2) is 66.4 Å². The van der Waals surface area contributed by atoms with Crippen molar-refractivity contribution in [3.8, 4) is 5.75 Å². The number of methoxy groups -OCH3 is 1. The number of anilines is 1. The Morgan fingerprint density at radius 3 is 2.32 bits per heavy atom. The number of hydrogen-bond acceptors (Lipinski definition) is 3. The van der Waals surface area contributed by atoms with Gasteiger partial charge in [0.1, 0.15) is 5.75 Å². The number of nitrogens with one attached hydrogen (secondary N) is 1. The zero-order chi connectivity index (χ0) is 20.3. The summed E-state index contributed by atoms with van der Waals surface area (Å²) < 4.78 is 5.14. The third-order valence-corrected chi connectivity index (χ3v) is 4.79. The second-order valence-electron chi connectivity index (χ2n) is 7.29. The first kappa shape index (κ1) is 19.8. The van der Waals surface area contributed by atoms with Gasteiger partial charge in [-0.3, -0.25) is 9.69 Å². The molecule has 3 rings (SSSR count). The number of carbonyl (C=O) groups excluding carboxylic acids is 1. The van der Waals surface area contributed by atoms with Crippen molar-refractivity contribution in [2.45, 2.75) is 26.3 Å². The Labute approximate surface area is 171 Å². The van der Waals surface area contributed by atoms with Crippen LogP contribution in [0.5, 0.6) is 5.75 Å². The van der Waals surface area contributed by atoms with E-state index in [1.54, 1.807) is 19.3 Å². The summed E-state index contributed by atoms with van der Waals surface area (Å²) in [6, 6.07) is 15.0. The highest BCUT2D eigenvalue weighted by Gasteiger charge is 2.27. The summed E-state index contributed by atoms with van der Waals surface area (Å²) in [6.07, 6.45) is 5.52. The van der Waals surface area contributed by atoms with Gasteiger partial charge in [-0.15, -0.1) is 0 Å². The zero-order valence-electron chi connectivity index (χ0n) is 16.5. The minimum atomic E-state index is -0.167. The quantitative estimate of drug-likeness (QED) is 0.442. The standard InChI is InChI=1S/C23H24N2O2S/c1-16-15-23(2,3)24-22(28)25(16)19-10-8-18(9-11-19)21(26)14-7-17-5-12-20(27-4)13-6-17/h5-15H,1-4H3,(H,24,28)/b14-7+. The molecule has 0 radical (unpaired) electrons. The highest BCUT2D eigenvalue weighted by molar-refractivity contribution is 7.80. The summed E-state index contributed by atoms with van der Waals surface area (Å²) >= 11 is 5.52. The average molecular weight is 393 g/mol. The van der Waals surface area contributed by atoms with E-state index in [-0.39, 0.29) is 11.3 Å². The maximum absolute atomic E-state index is 12.5. The van der Waals surface area contributed by atoms with Gasteiger partial charge in [-0.2, -0.15) is 0 Å². The molecular formula is C23H24N2O2S. The van der Waals surface area contributed by atoms with Crippen molar-refractivity contribution in [2.24, 2.45) is 0 Å². The summed E-state index contributed by atoms with van der Waals surface area (Å²) in [5.41, 5.74) is 3.40. The molecule has 28 heavy (non-hydrogen) atoms. The Kier molecular flexibility index (Phi) is 5.66. The SMILES string of the molecule is COc1ccc(/C=C/C(=O)c2ccc(N3C(=S)NC(C)(C)C=C3C)cc2)cc1. The Hall–Kier alpha value is -2.92. The molecule has 0 spiro atoms. The van der Waals surface area contributed by atoms with Crippen LogP contribution in [0.25, 0.3) is 6.08 Å². The summed E-state index contributed by atoms with van der Waals surface area (Å²) in [7, 11) is 1.63. The normalized spacial score (nSPS) is 15.9. The van der Waals surface area contributed by atoms with Crippen molar-refractivity contribution in [3.63, 3.8) is 0 Å². The second-order valence-corrected chi connectivity index (χ2v) is 7.68. The first-order chi connectivity index (χ1) is 13.3. The van der Waals surface area contributed by atoms with Gasteiger partial charge in [-0.25, -0.2) is 0 Å². The molecule has 2 aromatic carbocycles. The molecule has 0 aliphatic carbocycles. The number of ketones is 1. The number of rotatable bonds is 5. The molecule has 144 valence electrons. The molecule has 0 aromatic heterocycles. The molecular weight excluding hydrogens is 368 g/mol. The number of benzene rings is 2. The molecule has 2 aromatic rings. The summed E-state index contributed by atoms with van der Waals surface area (Å²) in [6.45, 7) is 6.19. The number of nitrogens with zero attached hydrogens (tertiary/aromatic N) is 1. The van der Waals surface area contributed by atoms with Crippen molar-refractivity contribution in [1.29, 1.82) is 0 Å². The van der Waals surface area contributed by atoms with E-state index < -0.39 is 0 Å². The van der Waals surface area contributed by atoms with Crippen LogP contribution < -0.4 is 15.0 Å². The fourth-order valence-corrected chi connectivity index (χ4v) is 3.71. The van der Waals surface area contributed by atoms with E-state index in [1.165, 1.54) is 0 Å². The van der Waals surface area contributed by atoms with Gasteiger partial charge in [0, 0.05) is 16.9 Å². The summed E-state index contributed by atoms with van der Waals surface area (Å²) in [5, 5.41) is 3.97. The predicted octanol–water partition coefficient (Wildman–Crippen LogP) is 4.97. The smallest absolute Gasteiger partial charge is 0.185 e. The van der Waals surface area contributed by atoms with Gasteiger partial charge in [0.15, 0.2) is 10.9 Å². The van der Waals surface area contributed by atoms with Gasteiger partial charge in [-0.1, -0.05) is 18.2 Å². The van der Waals surface area contributed by atoms with Crippen LogP contribution in [0.1, 0.15) is 36.7 Å². The first-order valence-electron chi connectivity index (χ1n) is 9.07. The van der Waals surface area contributed by atoms with Crippen LogP contribution in [-0.4, -0.2) is 23.5 Å². The van der Waals surface area contributed by atoms with E-state index in [9.17, 15) is 4.79 Å². The predicted molar refractivity (Wildman–Crippen MR) is 119 cm³/mol. The van der Waals surface area contributed by atoms with Gasteiger partial charge >= 0.3 is 0 Å². The summed E-state index contributed by atoms with van der Waals surface area (Å²) in [5.74, 6) is 0.743. The Morgan fingerprint density at radius 1 is 1.11 bits per heavy atom. The number of thiocarbonyl (C=S) groups is 1. The van der Waals surface area contributed by atoms with Crippen LogP contribution in [0.3, 0.4) is 0 Å². The van der Waals surface area contributed by atoms with E-state index in [1.807, 2.05) is 60.4 Å². The molecule has 1 aliphatic rings. The van der Waals surface area contributed by atoms with Crippen molar-refractivity contribution >= 4 is 34.9 Å². The Bertz CT molecular complexity index is 942. The zero-order valence-corrected chi connectivity index (χ0v) is 17.3. The van der Waals surface area contributed by atoms with E-state index in [0.29, 0.717) is 10.7 Å². The number of hydrogen-bond donors (Lipinski definition) is 1. The number of ether oxygens (including phenoxy) is 1. The maximum atomic E-state index is 12.5. The number of allylic oxidation sites excluding steroid dienone is 2. The Balaban J connectivity index is 1.74. The lowest BCUT2D eigenvalue weighted by atomic mass is 10.0. The van der Waals surface area contributed by atoms with Gasteiger partial charge in [0.2, 0.25) is 0 Å². The minimum Gasteiger partial charge on any atom is -0.497 e. The lowest BCUT2D eigenvalue weighted by Gasteiger charge is -2.38. The fraction of sp³-hybridized carbons (Fsp3) is 0.217. The van der Waals surface area contributed by atoms with Gasteiger partial charge in [0.05, 0.1) is 12.6 Å². The molecule has 0 saturated carbocycles. The van der Waals surface area contributed by atoms with Crippen molar-refractivity contribution < 1.29 is 9.53 Å². The molecule has 1 heterocycles. The molecule has 4 nitrogen and oxygen atoms in total. The van der Waals surface area contributed by atoms with Crippen molar-refractivity contribution in [3.05, 3.63) is 77.5 Å². The monoisotopic (exact) mass is 392 g/mol. The van der Waals surface area contributed by atoms with Crippen LogP contribution in [0.2, 0.25) is 0 Å². The maximum Gasteiger partial charge on any atom is 0.185 e. The second kappa shape index (κ2) is 7.98. The van der Waals surface area contributed by atoms with Crippen LogP contribution in [0, 0.1) is 0 Å². The third kappa shape index (κ3) is 4.49. The molecule has 0 atom stereocenters. The first-order valence-corrected chi connectivity index (χ1v) is 9.48. The lowest BCUT2D eigenvalue weighted by Crippen LogP contribution is -2.53. The van der Waals surface area contributed by atoms with Gasteiger partial charge in [-0.05, 0) is 87.1 Å². The molecule has 5 heteroatoms. The highest BCUT2D eigenvalue weighted by Crippen LogP contribution is 2.26. The van der Waals surface area contributed by atoms with E-state index in [0.717, 1.165) is 22.7 Å². The highest BCUT2D eigenvalue weighted by atomic mass is 32.1. The van der Waals surface area contributed by atoms with Crippen molar-refractivity contribution in [2.75, 3.05) is 12.0 Å². The van der Waals surface area contributed by atoms with E-state index in [4.69, 9.17) is 17.0 Å². The summed E-state index contributed by atoms with van der Waals surface area (Å²) in [4.78, 5) is 14.4. The van der Waals surface area contributed by atoms with Crippen LogP contribution in [0.4, 0.5) is 5.69 Å². The topological polar surface area (TPSA) is 41.6 Å². The van der Waals surface area contributed by atoms with E-state index in [2.05, 4.69) is 25.2 Å². The van der Waals surface area contributed by atoms with Gasteiger partial charge < -0.3 is 10.1 Å². The fourth-order valence-electron chi connectivity index (χ4n) is 3.19. The van der Waals surface area contributed by atoms with Crippen molar-refractivity contribution in [1.82, 2.24) is 5.32 Å². The molecule has 1 aliphatic heterocycles. The Morgan fingerprint density at radius 2 is 1.75 bits per heavy atom. The van der Waals surface area contributed by atoms with Gasteiger partial charge in [0.25, 0.3) is 0 Å². The minimum absolute atomic E-state index is 0.0462. The molecule has 0 unspecified atom stereocenters.